The molecule has 0 spiro atoms. The van der Waals surface area contributed by atoms with Crippen molar-refractivity contribution in [2.75, 3.05) is 33.0 Å². The third-order valence-electron chi connectivity index (χ3n) is 2.06. The first-order valence-electron chi connectivity index (χ1n) is 5.97. The molecule has 0 bridgehead atoms. The summed E-state index contributed by atoms with van der Waals surface area (Å²) < 4.78 is 10.6. The van der Waals surface area contributed by atoms with Gasteiger partial charge < -0.3 is 14.6 Å². The molecule has 0 atom stereocenters. The molecule has 0 aliphatic heterocycles. The molecular weight excluding hydrogens is 192 g/mol. The molecule has 0 rings (SSSR count). The van der Waals surface area contributed by atoms with Gasteiger partial charge in [0.2, 0.25) is 0 Å². The average Bonchev–Trinajstić information content (AvgIpc) is 2.26. The monoisotopic (exact) mass is 217 g/mol. The highest BCUT2D eigenvalue weighted by Crippen LogP contribution is 2.00. The van der Waals surface area contributed by atoms with Crippen molar-refractivity contribution in [3.63, 3.8) is 0 Å². The molecule has 1 radical (unpaired) electrons. The quantitative estimate of drug-likeness (QED) is 0.509. The summed E-state index contributed by atoms with van der Waals surface area (Å²) in [6.07, 6.45) is 6.27. The average molecular weight is 217 g/mol. The van der Waals surface area contributed by atoms with Gasteiger partial charge >= 0.3 is 0 Å². The number of aliphatic hydroxyl groups excluding tert-OH is 1. The van der Waals surface area contributed by atoms with Crippen LogP contribution in [-0.4, -0.2) is 38.1 Å². The van der Waals surface area contributed by atoms with Crippen molar-refractivity contribution in [2.45, 2.75) is 38.5 Å². The van der Waals surface area contributed by atoms with Crippen LogP contribution in [0.4, 0.5) is 0 Å². The summed E-state index contributed by atoms with van der Waals surface area (Å²) in [4.78, 5) is 0. The highest BCUT2D eigenvalue weighted by Gasteiger charge is 1.91. The molecule has 1 N–H and O–H groups in total. The summed E-state index contributed by atoms with van der Waals surface area (Å²) in [5.41, 5.74) is 0. The molecule has 15 heavy (non-hydrogen) atoms. The van der Waals surface area contributed by atoms with Crippen LogP contribution < -0.4 is 0 Å². The molecule has 0 fully saturated rings. The minimum atomic E-state index is 0.226. The fourth-order valence-corrected chi connectivity index (χ4v) is 1.23. The first-order valence-corrected chi connectivity index (χ1v) is 5.97. The molecule has 0 aromatic heterocycles. The van der Waals surface area contributed by atoms with E-state index in [2.05, 4.69) is 6.92 Å². The Bertz CT molecular complexity index is 95.0. The number of ether oxygens (including phenoxy) is 2. The Hall–Kier alpha value is -0.120. The van der Waals surface area contributed by atoms with E-state index in [0.29, 0.717) is 6.61 Å². The van der Waals surface area contributed by atoms with Gasteiger partial charge in [-0.1, -0.05) is 19.8 Å². The third-order valence-corrected chi connectivity index (χ3v) is 2.06. The van der Waals surface area contributed by atoms with Crippen LogP contribution in [0, 0.1) is 6.92 Å². The van der Waals surface area contributed by atoms with Gasteiger partial charge in [0.15, 0.2) is 0 Å². The molecule has 0 aromatic rings. The Balaban J connectivity index is 2.81. The first-order chi connectivity index (χ1) is 7.41. The molecule has 3 nitrogen and oxygen atoms in total. The van der Waals surface area contributed by atoms with Crippen LogP contribution in [0.1, 0.15) is 38.5 Å². The lowest BCUT2D eigenvalue weighted by molar-refractivity contribution is 0.110. The van der Waals surface area contributed by atoms with Crippen LogP contribution in [0.2, 0.25) is 0 Å². The molecule has 0 saturated heterocycles. The van der Waals surface area contributed by atoms with Crippen molar-refractivity contribution in [3.05, 3.63) is 6.92 Å². The van der Waals surface area contributed by atoms with E-state index < -0.39 is 0 Å². The topological polar surface area (TPSA) is 38.7 Å². The second-order valence-corrected chi connectivity index (χ2v) is 3.57. The van der Waals surface area contributed by atoms with Crippen molar-refractivity contribution < 1.29 is 14.6 Å². The lowest BCUT2D eigenvalue weighted by Gasteiger charge is -2.04. The van der Waals surface area contributed by atoms with E-state index in [1.54, 1.807) is 0 Å². The van der Waals surface area contributed by atoms with Crippen LogP contribution in [0.3, 0.4) is 0 Å². The van der Waals surface area contributed by atoms with Gasteiger partial charge in [0.1, 0.15) is 0 Å². The Kier molecular flexibility index (Phi) is 13.8. The van der Waals surface area contributed by atoms with Gasteiger partial charge in [-0.05, 0) is 25.7 Å². The lowest BCUT2D eigenvalue weighted by atomic mass is 10.2. The number of hydrogen-bond donors (Lipinski definition) is 1. The molecule has 0 aromatic carbocycles. The van der Waals surface area contributed by atoms with Crippen molar-refractivity contribution in [3.8, 4) is 0 Å². The van der Waals surface area contributed by atoms with Crippen LogP contribution in [0.25, 0.3) is 0 Å². The van der Waals surface area contributed by atoms with E-state index in [1.807, 2.05) is 0 Å². The summed E-state index contributed by atoms with van der Waals surface area (Å²) in [6, 6.07) is 0. The first kappa shape index (κ1) is 14.9. The van der Waals surface area contributed by atoms with Gasteiger partial charge in [0, 0.05) is 33.0 Å². The Morgan fingerprint density at radius 1 is 0.733 bits per heavy atom. The van der Waals surface area contributed by atoms with E-state index in [0.717, 1.165) is 45.5 Å². The largest absolute Gasteiger partial charge is 0.396 e. The van der Waals surface area contributed by atoms with Gasteiger partial charge in [0.25, 0.3) is 0 Å². The van der Waals surface area contributed by atoms with Gasteiger partial charge in [-0.15, -0.1) is 0 Å². The summed E-state index contributed by atoms with van der Waals surface area (Å²) in [7, 11) is 0. The molecule has 0 aliphatic carbocycles. The lowest BCUT2D eigenvalue weighted by Crippen LogP contribution is -1.99. The smallest absolute Gasteiger partial charge is 0.0487 e. The molecular formula is C12H25O3. The van der Waals surface area contributed by atoms with E-state index in [1.165, 1.54) is 12.8 Å². The second kappa shape index (κ2) is 13.9. The standard InChI is InChI=1S/C12H25O3/c1-2-9-14-10-5-3-4-6-11-15-12-7-8-13/h13H,1-12H2. The molecule has 0 unspecified atom stereocenters. The Morgan fingerprint density at radius 3 is 1.80 bits per heavy atom. The maximum absolute atomic E-state index is 8.51. The van der Waals surface area contributed by atoms with E-state index in [4.69, 9.17) is 14.6 Å². The summed E-state index contributed by atoms with van der Waals surface area (Å²) in [6.45, 7) is 7.08. The number of unbranched alkanes of at least 4 members (excludes halogenated alkanes) is 3. The van der Waals surface area contributed by atoms with Crippen molar-refractivity contribution >= 4 is 0 Å². The maximum Gasteiger partial charge on any atom is 0.0487 e. The molecule has 0 heterocycles. The van der Waals surface area contributed by atoms with Crippen LogP contribution in [-0.2, 0) is 9.47 Å². The Labute approximate surface area is 93.8 Å². The molecule has 0 saturated carbocycles. The van der Waals surface area contributed by atoms with Crippen LogP contribution in [0.15, 0.2) is 0 Å². The minimum Gasteiger partial charge on any atom is -0.396 e. The van der Waals surface area contributed by atoms with Gasteiger partial charge in [-0.2, -0.15) is 0 Å². The Morgan fingerprint density at radius 2 is 1.27 bits per heavy atom. The summed E-state index contributed by atoms with van der Waals surface area (Å²) in [5.74, 6) is 0. The van der Waals surface area contributed by atoms with E-state index in [-0.39, 0.29) is 6.61 Å². The SMILES string of the molecule is [CH2]CCOCCCCCCOCCCO. The van der Waals surface area contributed by atoms with Crippen LogP contribution >= 0.6 is 0 Å². The van der Waals surface area contributed by atoms with Gasteiger partial charge in [0.05, 0.1) is 0 Å². The molecule has 3 heteroatoms. The molecule has 0 amide bonds. The second-order valence-electron chi connectivity index (χ2n) is 3.57. The predicted octanol–water partition coefficient (Wildman–Crippen LogP) is 2.19. The van der Waals surface area contributed by atoms with Crippen molar-refractivity contribution in [1.82, 2.24) is 0 Å². The van der Waals surface area contributed by atoms with Crippen LogP contribution in [0.5, 0.6) is 0 Å². The zero-order chi connectivity index (χ0) is 11.2. The normalized spacial score (nSPS) is 10.8. The van der Waals surface area contributed by atoms with Gasteiger partial charge in [-0.25, -0.2) is 0 Å². The fraction of sp³-hybridized carbons (Fsp3) is 0.917. The number of rotatable bonds is 12. The fourth-order valence-electron chi connectivity index (χ4n) is 1.23. The predicted molar refractivity (Wildman–Crippen MR) is 61.8 cm³/mol. The number of aliphatic hydroxyl groups is 1. The minimum absolute atomic E-state index is 0.226. The van der Waals surface area contributed by atoms with E-state index in [9.17, 15) is 0 Å². The summed E-state index contributed by atoms with van der Waals surface area (Å²) >= 11 is 0. The zero-order valence-corrected chi connectivity index (χ0v) is 9.75. The highest BCUT2D eigenvalue weighted by molar-refractivity contribution is 4.44. The third kappa shape index (κ3) is 13.9. The zero-order valence-electron chi connectivity index (χ0n) is 9.75. The maximum atomic E-state index is 8.51. The van der Waals surface area contributed by atoms with Gasteiger partial charge in [-0.3, -0.25) is 0 Å². The van der Waals surface area contributed by atoms with E-state index >= 15 is 0 Å². The van der Waals surface area contributed by atoms with Crippen molar-refractivity contribution in [1.29, 1.82) is 0 Å². The van der Waals surface area contributed by atoms with Crippen molar-refractivity contribution in [2.24, 2.45) is 0 Å². The molecule has 91 valence electrons. The highest BCUT2D eigenvalue weighted by atomic mass is 16.5. The molecule has 0 aliphatic rings. The number of hydrogen-bond acceptors (Lipinski definition) is 3. The summed E-state index contributed by atoms with van der Waals surface area (Å²) in [5, 5.41) is 8.51.